The largest absolute Gasteiger partial charge is 0.394 e. The van der Waals surface area contributed by atoms with Gasteiger partial charge in [-0.1, -0.05) is 11.6 Å². The molecule has 0 saturated carbocycles. The molecule has 0 radical (unpaired) electrons. The van der Waals surface area contributed by atoms with Gasteiger partial charge in [-0.25, -0.2) is 0 Å². The summed E-state index contributed by atoms with van der Waals surface area (Å²) in [5, 5.41) is 25.1. The minimum absolute atomic E-state index is 0.0340. The van der Waals surface area contributed by atoms with E-state index < -0.39 is 0 Å². The van der Waals surface area contributed by atoms with Gasteiger partial charge in [0.1, 0.15) is 0 Å². The van der Waals surface area contributed by atoms with Crippen LogP contribution in [0.5, 0.6) is 0 Å². The molecule has 0 bridgehead atoms. The van der Waals surface area contributed by atoms with Crippen LogP contribution >= 0.6 is 0 Å². The zero-order valence-electron chi connectivity index (χ0n) is 14.8. The average Bonchev–Trinajstić information content (AvgIpc) is 3.38. The molecule has 2 aliphatic rings. The lowest BCUT2D eigenvalue weighted by Gasteiger charge is -2.23. The second-order valence-electron chi connectivity index (χ2n) is 7.03. The highest BCUT2D eigenvalue weighted by molar-refractivity contribution is 5.92. The summed E-state index contributed by atoms with van der Waals surface area (Å²) in [6, 6.07) is 0.537. The van der Waals surface area contributed by atoms with Crippen LogP contribution in [-0.2, 0) is 26.2 Å². The number of fused-ring (bicyclic) bond motifs is 1. The molecule has 0 aromatic carbocycles. The van der Waals surface area contributed by atoms with E-state index in [2.05, 4.69) is 20.7 Å². The highest BCUT2D eigenvalue weighted by atomic mass is 16.3. The Morgan fingerprint density at radius 3 is 3.04 bits per heavy atom. The number of rotatable bonds is 6. The third-order valence-corrected chi connectivity index (χ3v) is 5.21. The van der Waals surface area contributed by atoms with E-state index in [0.717, 1.165) is 30.8 Å². The molecule has 1 amide bonds. The van der Waals surface area contributed by atoms with Gasteiger partial charge in [-0.15, -0.1) is 5.10 Å². The monoisotopic (exact) mass is 359 g/mol. The normalized spacial score (nSPS) is 19.7. The third kappa shape index (κ3) is 3.49. The molecule has 140 valence electrons. The molecule has 9 nitrogen and oxygen atoms in total. The van der Waals surface area contributed by atoms with Gasteiger partial charge in [0.15, 0.2) is 5.69 Å². The maximum absolute atomic E-state index is 12.7. The molecular weight excluding hydrogens is 334 g/mol. The average molecular weight is 359 g/mol. The summed E-state index contributed by atoms with van der Waals surface area (Å²) in [5.74, 6) is -0.112. The zero-order chi connectivity index (χ0) is 17.9. The fraction of sp³-hybridized carbons (Fsp3) is 0.647. The van der Waals surface area contributed by atoms with Gasteiger partial charge in [-0.3, -0.25) is 14.2 Å². The molecule has 9 heteroatoms. The van der Waals surface area contributed by atoms with Crippen molar-refractivity contribution in [2.45, 2.75) is 57.9 Å². The first-order valence-electron chi connectivity index (χ1n) is 9.32. The molecule has 0 spiro atoms. The van der Waals surface area contributed by atoms with Crippen LogP contribution in [-0.4, -0.2) is 59.9 Å². The number of hydrogen-bond acceptors (Lipinski definition) is 6. The van der Waals surface area contributed by atoms with Crippen LogP contribution in [0.1, 0.15) is 47.4 Å². The van der Waals surface area contributed by atoms with Crippen LogP contribution in [0.3, 0.4) is 0 Å². The van der Waals surface area contributed by atoms with E-state index in [1.54, 1.807) is 26.7 Å². The number of aliphatic hydroxyl groups is 1. The first-order valence-corrected chi connectivity index (χ1v) is 9.32. The van der Waals surface area contributed by atoms with Crippen LogP contribution < -0.4 is 5.32 Å². The number of carbonyl (C=O) groups excluding carboxylic acids is 1. The Bertz CT molecular complexity index is 763. The molecule has 4 heterocycles. The molecule has 2 aromatic rings. The fourth-order valence-electron chi connectivity index (χ4n) is 3.76. The molecule has 1 saturated heterocycles. The lowest BCUT2D eigenvalue weighted by molar-refractivity contribution is 0.0741. The number of nitrogens with zero attached hydrogens (tertiary/aromatic N) is 6. The maximum Gasteiger partial charge on any atom is 0.276 e. The van der Waals surface area contributed by atoms with Gasteiger partial charge in [0.2, 0.25) is 0 Å². The van der Waals surface area contributed by atoms with E-state index >= 15 is 0 Å². The predicted octanol–water partition coefficient (Wildman–Crippen LogP) is 0.155. The summed E-state index contributed by atoms with van der Waals surface area (Å²) in [5.41, 5.74) is 2.40. The van der Waals surface area contributed by atoms with Crippen LogP contribution in [0, 0.1) is 0 Å². The summed E-state index contributed by atoms with van der Waals surface area (Å²) < 4.78 is 3.52. The van der Waals surface area contributed by atoms with Crippen molar-refractivity contribution in [2.24, 2.45) is 0 Å². The fourth-order valence-corrected chi connectivity index (χ4v) is 3.76. The first-order chi connectivity index (χ1) is 12.7. The van der Waals surface area contributed by atoms with E-state index in [4.69, 9.17) is 5.11 Å². The quantitative estimate of drug-likeness (QED) is 0.762. The molecular formula is C17H25N7O2. The van der Waals surface area contributed by atoms with E-state index in [9.17, 15) is 4.79 Å². The van der Waals surface area contributed by atoms with E-state index in [1.165, 1.54) is 19.3 Å². The smallest absolute Gasteiger partial charge is 0.276 e. The molecule has 4 rings (SSSR count). The molecule has 0 unspecified atom stereocenters. The Hall–Kier alpha value is -2.26. The number of hydrogen-bond donors (Lipinski definition) is 2. The number of aryl methyl sites for hydroxylation is 1. The summed E-state index contributed by atoms with van der Waals surface area (Å²) in [6.45, 7) is 3.36. The second-order valence-corrected chi connectivity index (χ2v) is 7.03. The molecule has 2 aromatic heterocycles. The van der Waals surface area contributed by atoms with Gasteiger partial charge >= 0.3 is 0 Å². The Kier molecular flexibility index (Phi) is 4.98. The number of carbonyl (C=O) groups is 1. The molecule has 2 N–H and O–H groups in total. The summed E-state index contributed by atoms with van der Waals surface area (Å²) in [7, 11) is 0. The second kappa shape index (κ2) is 7.55. The molecule has 0 aliphatic carbocycles. The van der Waals surface area contributed by atoms with Gasteiger partial charge < -0.3 is 15.3 Å². The maximum atomic E-state index is 12.7. The van der Waals surface area contributed by atoms with Crippen molar-refractivity contribution < 1.29 is 9.90 Å². The minimum atomic E-state index is -0.112. The summed E-state index contributed by atoms with van der Waals surface area (Å²) in [4.78, 5) is 14.5. The Morgan fingerprint density at radius 1 is 1.31 bits per heavy atom. The van der Waals surface area contributed by atoms with Gasteiger partial charge in [0.25, 0.3) is 5.91 Å². The lowest BCUT2D eigenvalue weighted by Crippen LogP contribution is -2.34. The Labute approximate surface area is 152 Å². The van der Waals surface area contributed by atoms with E-state index in [1.807, 2.05) is 0 Å². The minimum Gasteiger partial charge on any atom is -0.394 e. The topological polar surface area (TPSA) is 101 Å². The summed E-state index contributed by atoms with van der Waals surface area (Å²) in [6.07, 6.45) is 8.26. The van der Waals surface area contributed by atoms with Crippen molar-refractivity contribution in [3.05, 3.63) is 29.3 Å². The number of amides is 1. The summed E-state index contributed by atoms with van der Waals surface area (Å²) >= 11 is 0. The van der Waals surface area contributed by atoms with Crippen LogP contribution in [0.15, 0.2) is 12.4 Å². The number of aliphatic hydroxyl groups excluding tert-OH is 1. The van der Waals surface area contributed by atoms with E-state index in [-0.39, 0.29) is 12.5 Å². The molecule has 26 heavy (non-hydrogen) atoms. The predicted molar refractivity (Wildman–Crippen MR) is 93.2 cm³/mol. The lowest BCUT2D eigenvalue weighted by atomic mass is 10.0. The Balaban J connectivity index is 1.35. The molecule has 2 aliphatic heterocycles. The standard InChI is InChI=1S/C17H25N7O2/c25-8-7-24-16-12-22(10-13(16)9-19-24)17(26)15-11-23(21-20-15)6-4-14-3-1-2-5-18-14/h9,11,14,18,25H,1-8,10,12H2/t14-/m0/s1. The van der Waals surface area contributed by atoms with Gasteiger partial charge in [0, 0.05) is 24.7 Å². The highest BCUT2D eigenvalue weighted by Crippen LogP contribution is 2.23. The van der Waals surface area contributed by atoms with Crippen molar-refractivity contribution in [3.63, 3.8) is 0 Å². The Morgan fingerprint density at radius 2 is 2.23 bits per heavy atom. The van der Waals surface area contributed by atoms with Crippen LogP contribution in [0.2, 0.25) is 0 Å². The van der Waals surface area contributed by atoms with Crippen molar-refractivity contribution >= 4 is 5.91 Å². The highest BCUT2D eigenvalue weighted by Gasteiger charge is 2.29. The van der Waals surface area contributed by atoms with E-state index in [0.29, 0.717) is 31.4 Å². The number of nitrogens with one attached hydrogen (secondary N) is 1. The number of piperidine rings is 1. The number of aromatic nitrogens is 5. The first kappa shape index (κ1) is 17.2. The SMILES string of the molecule is O=C(c1cn(CC[C@@H]2CCCCN2)nn1)N1Cc2cnn(CCO)c2C1. The van der Waals surface area contributed by atoms with Gasteiger partial charge in [-0.05, 0) is 25.8 Å². The van der Waals surface area contributed by atoms with Crippen LogP contribution in [0.4, 0.5) is 0 Å². The van der Waals surface area contributed by atoms with Crippen molar-refractivity contribution in [2.75, 3.05) is 13.2 Å². The van der Waals surface area contributed by atoms with Gasteiger partial charge in [0.05, 0.1) is 37.8 Å². The van der Waals surface area contributed by atoms with Crippen molar-refractivity contribution in [1.29, 1.82) is 0 Å². The zero-order valence-corrected chi connectivity index (χ0v) is 14.8. The van der Waals surface area contributed by atoms with Crippen molar-refractivity contribution in [1.82, 2.24) is 35.0 Å². The third-order valence-electron chi connectivity index (χ3n) is 5.21. The molecule has 1 atom stereocenters. The molecule has 1 fully saturated rings. The van der Waals surface area contributed by atoms with Gasteiger partial charge in [-0.2, -0.15) is 5.10 Å². The van der Waals surface area contributed by atoms with Crippen LogP contribution in [0.25, 0.3) is 0 Å². The van der Waals surface area contributed by atoms with Crippen molar-refractivity contribution in [3.8, 4) is 0 Å².